The Morgan fingerprint density at radius 3 is 2.31 bits per heavy atom. The fraction of sp³-hybridized carbons (Fsp3) is 0.259. The van der Waals surface area contributed by atoms with E-state index in [-0.39, 0.29) is 11.0 Å². The Bertz CT molecular complexity index is 1180. The fourth-order valence-electron chi connectivity index (χ4n) is 4.28. The van der Waals surface area contributed by atoms with Crippen LogP contribution < -0.4 is 25.0 Å². The van der Waals surface area contributed by atoms with Gasteiger partial charge in [0.2, 0.25) is 0 Å². The third-order valence-corrected chi connectivity index (χ3v) is 6.35. The number of nitrogens with one attached hydrogen (secondary N) is 2. The summed E-state index contributed by atoms with van der Waals surface area (Å²) in [6.45, 7) is 6.02. The first-order chi connectivity index (χ1) is 17.1. The summed E-state index contributed by atoms with van der Waals surface area (Å²) in [5.41, 5.74) is 3.82. The topological polar surface area (TPSA) is 66.1 Å². The van der Waals surface area contributed by atoms with Gasteiger partial charge in [-0.25, -0.2) is 0 Å². The van der Waals surface area contributed by atoms with Crippen molar-refractivity contribution >= 4 is 34.6 Å². The van der Waals surface area contributed by atoms with Crippen LogP contribution in [0.25, 0.3) is 0 Å². The van der Waals surface area contributed by atoms with E-state index in [9.17, 15) is 4.79 Å². The van der Waals surface area contributed by atoms with Gasteiger partial charge in [-0.05, 0) is 60.2 Å². The molecule has 1 amide bonds. The van der Waals surface area contributed by atoms with Gasteiger partial charge in [0.25, 0.3) is 5.91 Å². The predicted molar refractivity (Wildman–Crippen MR) is 141 cm³/mol. The smallest absolute Gasteiger partial charge is 0.257 e. The molecule has 0 aliphatic carbocycles. The van der Waals surface area contributed by atoms with Gasteiger partial charge in [-0.2, -0.15) is 0 Å². The zero-order valence-electron chi connectivity index (χ0n) is 19.4. The minimum absolute atomic E-state index is 0.243. The third-order valence-electron chi connectivity index (χ3n) is 6.14. The van der Waals surface area contributed by atoms with E-state index in [2.05, 4.69) is 62.9 Å². The molecule has 3 aromatic carbocycles. The number of nitrogens with zero attached hydrogens (tertiary/aromatic N) is 2. The molecular formula is C27H28N4O3S. The lowest BCUT2D eigenvalue weighted by molar-refractivity contribution is 0.0976. The molecule has 2 N–H and O–H groups in total. The molecule has 3 aromatic rings. The van der Waals surface area contributed by atoms with Gasteiger partial charge >= 0.3 is 0 Å². The number of anilines is 2. The highest BCUT2D eigenvalue weighted by Gasteiger charge is 2.18. The highest BCUT2D eigenvalue weighted by molar-refractivity contribution is 7.80. The van der Waals surface area contributed by atoms with Crippen molar-refractivity contribution in [2.75, 3.05) is 49.6 Å². The van der Waals surface area contributed by atoms with Crippen LogP contribution >= 0.6 is 12.2 Å². The van der Waals surface area contributed by atoms with Gasteiger partial charge in [-0.3, -0.25) is 15.0 Å². The van der Waals surface area contributed by atoms with Gasteiger partial charge in [0.15, 0.2) is 16.6 Å². The number of carbonyl (C=O) groups excluding carboxylic acids is 1. The number of piperazine rings is 1. The van der Waals surface area contributed by atoms with E-state index in [1.165, 1.54) is 11.3 Å². The summed E-state index contributed by atoms with van der Waals surface area (Å²) in [7, 11) is 0. The average molecular weight is 489 g/mol. The number of ether oxygens (including phenoxy) is 2. The van der Waals surface area contributed by atoms with Crippen molar-refractivity contribution < 1.29 is 14.3 Å². The lowest BCUT2D eigenvalue weighted by atomic mass is 10.2. The number of fused-ring (bicyclic) bond motifs is 1. The summed E-state index contributed by atoms with van der Waals surface area (Å²) < 4.78 is 11.0. The summed E-state index contributed by atoms with van der Waals surface area (Å²) in [6.07, 6.45) is 0. The predicted octanol–water partition coefficient (Wildman–Crippen LogP) is 3.91. The molecule has 2 aliphatic rings. The van der Waals surface area contributed by atoms with E-state index in [4.69, 9.17) is 21.7 Å². The molecule has 2 heterocycles. The molecule has 0 spiro atoms. The fourth-order valence-corrected chi connectivity index (χ4v) is 4.49. The van der Waals surface area contributed by atoms with Crippen LogP contribution in [0.15, 0.2) is 72.8 Å². The normalized spacial score (nSPS) is 15.4. The Hall–Kier alpha value is -3.62. The zero-order chi connectivity index (χ0) is 24.0. The summed E-state index contributed by atoms with van der Waals surface area (Å²) in [5.74, 6) is 0.912. The van der Waals surface area contributed by atoms with Gasteiger partial charge in [0, 0.05) is 49.7 Å². The molecule has 0 bridgehead atoms. The lowest BCUT2D eigenvalue weighted by Gasteiger charge is -2.36. The molecule has 5 rings (SSSR count). The van der Waals surface area contributed by atoms with Gasteiger partial charge in [-0.15, -0.1) is 0 Å². The summed E-state index contributed by atoms with van der Waals surface area (Å²) >= 11 is 5.34. The standard InChI is InChI=1S/C27H28N4O3S/c32-26(21-6-11-24-25(18-21)34-17-16-33-24)29-27(35)28-22-7-9-23(10-8-22)31-14-12-30(13-15-31)19-20-4-2-1-3-5-20/h1-11,18H,12-17,19H2,(H2,28,29,32,35). The monoisotopic (exact) mass is 488 g/mol. The molecule has 8 heteroatoms. The number of carbonyl (C=O) groups is 1. The lowest BCUT2D eigenvalue weighted by Crippen LogP contribution is -2.45. The minimum atomic E-state index is -0.301. The quantitative estimate of drug-likeness (QED) is 0.528. The SMILES string of the molecule is O=C(NC(=S)Nc1ccc(N2CCN(Cc3ccccc3)CC2)cc1)c1ccc2c(c1)OCCO2. The van der Waals surface area contributed by atoms with E-state index in [1.807, 2.05) is 12.1 Å². The van der Waals surface area contributed by atoms with Crippen molar-refractivity contribution in [3.8, 4) is 11.5 Å². The van der Waals surface area contributed by atoms with Crippen molar-refractivity contribution in [2.45, 2.75) is 6.54 Å². The molecule has 0 saturated carbocycles. The molecule has 0 unspecified atom stereocenters. The Labute approximate surface area is 210 Å². The van der Waals surface area contributed by atoms with E-state index < -0.39 is 0 Å². The number of hydrogen-bond acceptors (Lipinski definition) is 6. The third kappa shape index (κ3) is 5.90. The van der Waals surface area contributed by atoms with Gasteiger partial charge < -0.3 is 19.7 Å². The van der Waals surface area contributed by atoms with Gasteiger partial charge in [0.05, 0.1) is 0 Å². The average Bonchev–Trinajstić information content (AvgIpc) is 2.90. The summed E-state index contributed by atoms with van der Waals surface area (Å²) in [5, 5.41) is 6.05. The van der Waals surface area contributed by atoms with Crippen LogP contribution in [0, 0.1) is 0 Å². The number of hydrogen-bond donors (Lipinski definition) is 2. The van der Waals surface area contributed by atoms with Crippen LogP contribution in [0.3, 0.4) is 0 Å². The highest BCUT2D eigenvalue weighted by atomic mass is 32.1. The van der Waals surface area contributed by atoms with E-state index in [0.717, 1.165) is 38.4 Å². The van der Waals surface area contributed by atoms with E-state index >= 15 is 0 Å². The Kier molecular flexibility index (Phi) is 7.11. The Morgan fingerprint density at radius 2 is 1.57 bits per heavy atom. The van der Waals surface area contributed by atoms with Crippen molar-refractivity contribution in [3.63, 3.8) is 0 Å². The molecule has 0 aromatic heterocycles. The second kappa shape index (κ2) is 10.8. The largest absolute Gasteiger partial charge is 0.486 e. The van der Waals surface area contributed by atoms with Crippen molar-refractivity contribution in [2.24, 2.45) is 0 Å². The molecule has 2 aliphatic heterocycles. The molecule has 1 saturated heterocycles. The first kappa shape index (κ1) is 23.1. The van der Waals surface area contributed by atoms with Crippen LogP contribution in [0.5, 0.6) is 11.5 Å². The van der Waals surface area contributed by atoms with Crippen LogP contribution in [0.1, 0.15) is 15.9 Å². The van der Waals surface area contributed by atoms with Crippen molar-refractivity contribution in [3.05, 3.63) is 83.9 Å². The van der Waals surface area contributed by atoms with Crippen LogP contribution in [-0.2, 0) is 6.54 Å². The maximum Gasteiger partial charge on any atom is 0.257 e. The van der Waals surface area contributed by atoms with Crippen LogP contribution in [0.2, 0.25) is 0 Å². The van der Waals surface area contributed by atoms with E-state index in [1.54, 1.807) is 18.2 Å². The maximum absolute atomic E-state index is 12.6. The van der Waals surface area contributed by atoms with Crippen LogP contribution in [-0.4, -0.2) is 55.3 Å². The molecular weight excluding hydrogens is 460 g/mol. The molecule has 0 atom stereocenters. The second-order valence-electron chi connectivity index (χ2n) is 8.56. The van der Waals surface area contributed by atoms with Gasteiger partial charge in [0.1, 0.15) is 13.2 Å². The second-order valence-corrected chi connectivity index (χ2v) is 8.97. The maximum atomic E-state index is 12.6. The number of thiocarbonyl (C=S) groups is 1. The van der Waals surface area contributed by atoms with Crippen molar-refractivity contribution in [1.29, 1.82) is 0 Å². The van der Waals surface area contributed by atoms with Crippen LogP contribution in [0.4, 0.5) is 11.4 Å². The van der Waals surface area contributed by atoms with E-state index in [0.29, 0.717) is 30.3 Å². The summed E-state index contributed by atoms with van der Waals surface area (Å²) in [6, 6.07) is 23.8. The number of benzene rings is 3. The first-order valence-corrected chi connectivity index (χ1v) is 12.2. The zero-order valence-corrected chi connectivity index (χ0v) is 20.2. The summed E-state index contributed by atoms with van der Waals surface area (Å²) in [4.78, 5) is 17.5. The number of rotatable bonds is 5. The minimum Gasteiger partial charge on any atom is -0.486 e. The van der Waals surface area contributed by atoms with Gasteiger partial charge in [-0.1, -0.05) is 30.3 Å². The highest BCUT2D eigenvalue weighted by Crippen LogP contribution is 2.30. The molecule has 0 radical (unpaired) electrons. The molecule has 1 fully saturated rings. The first-order valence-electron chi connectivity index (χ1n) is 11.8. The molecule has 35 heavy (non-hydrogen) atoms. The number of amides is 1. The Balaban J connectivity index is 1.10. The Morgan fingerprint density at radius 1 is 0.857 bits per heavy atom. The van der Waals surface area contributed by atoms with Crippen molar-refractivity contribution in [1.82, 2.24) is 10.2 Å². The molecule has 7 nitrogen and oxygen atoms in total. The molecule has 180 valence electrons.